The van der Waals surface area contributed by atoms with Crippen molar-refractivity contribution in [2.24, 2.45) is 0 Å². The van der Waals surface area contributed by atoms with Crippen molar-refractivity contribution in [2.75, 3.05) is 23.9 Å². The van der Waals surface area contributed by atoms with E-state index >= 15 is 0 Å². The first kappa shape index (κ1) is 23.1. The minimum absolute atomic E-state index is 0.0203. The van der Waals surface area contributed by atoms with E-state index in [1.165, 1.54) is 39.3 Å². The molecule has 0 fully saturated rings. The number of rotatable bonds is 3. The van der Waals surface area contributed by atoms with Crippen molar-refractivity contribution in [1.82, 2.24) is 0 Å². The lowest BCUT2D eigenvalue weighted by Gasteiger charge is -2.29. The van der Waals surface area contributed by atoms with Crippen molar-refractivity contribution >= 4 is 23.0 Å². The molecule has 2 heterocycles. The highest BCUT2D eigenvalue weighted by molar-refractivity contribution is 6.33. The van der Waals surface area contributed by atoms with Gasteiger partial charge in [-0.3, -0.25) is 0 Å². The molecule has 0 bridgehead atoms. The van der Waals surface area contributed by atoms with Crippen LogP contribution < -0.4 is 9.80 Å². The molecule has 0 aromatic heterocycles. The van der Waals surface area contributed by atoms with Gasteiger partial charge in [-0.1, -0.05) is 93.9 Å². The highest BCUT2D eigenvalue weighted by Crippen LogP contribution is 2.47. The van der Waals surface area contributed by atoms with Crippen LogP contribution >= 0.6 is 11.6 Å². The maximum absolute atomic E-state index is 6.91. The van der Waals surface area contributed by atoms with E-state index in [2.05, 4.69) is 124 Å². The predicted octanol–water partition coefficient (Wildman–Crippen LogP) is 7.86. The van der Waals surface area contributed by atoms with E-state index in [9.17, 15) is 0 Å². The largest absolute Gasteiger partial charge is 0.367 e. The van der Waals surface area contributed by atoms with Gasteiger partial charge in [0.05, 0.1) is 6.04 Å². The summed E-state index contributed by atoms with van der Waals surface area (Å²) in [5.74, 6) is 0. The van der Waals surface area contributed by atoms with Crippen LogP contribution in [0.25, 0.3) is 0 Å². The van der Waals surface area contributed by atoms with Crippen LogP contribution in [0.15, 0.2) is 94.7 Å². The standard InChI is InChI=1S/C31H35ClN2/c1-30(2)23-11-7-9-13-25(23)33(5)27(30)19-17-21-15-16-22(29(21)32)18-20-28-31(3,4)24-12-8-10-14-26(24)34(28)6/h7-14,17-20,27H,15-16H2,1-6H3. The van der Waals surface area contributed by atoms with Crippen molar-refractivity contribution in [3.05, 3.63) is 106 Å². The van der Waals surface area contributed by atoms with Crippen molar-refractivity contribution in [3.8, 4) is 0 Å². The number of benzene rings is 2. The van der Waals surface area contributed by atoms with Gasteiger partial charge >= 0.3 is 0 Å². The summed E-state index contributed by atoms with van der Waals surface area (Å²) in [7, 11) is 4.36. The molecule has 0 radical (unpaired) electrons. The summed E-state index contributed by atoms with van der Waals surface area (Å²) < 4.78 is 0. The van der Waals surface area contributed by atoms with E-state index in [-0.39, 0.29) is 10.8 Å². The summed E-state index contributed by atoms with van der Waals surface area (Å²) in [5.41, 5.74) is 9.23. The van der Waals surface area contributed by atoms with Crippen LogP contribution in [-0.2, 0) is 10.8 Å². The molecule has 2 nitrogen and oxygen atoms in total. The molecule has 5 rings (SSSR count). The van der Waals surface area contributed by atoms with Crippen molar-refractivity contribution < 1.29 is 0 Å². The number of hydrogen-bond acceptors (Lipinski definition) is 2. The summed E-state index contributed by atoms with van der Waals surface area (Å²) in [6.45, 7) is 9.28. The van der Waals surface area contributed by atoms with Gasteiger partial charge in [0.1, 0.15) is 0 Å². The lowest BCUT2D eigenvalue weighted by Crippen LogP contribution is -2.37. The number of para-hydroxylation sites is 2. The van der Waals surface area contributed by atoms with Crippen molar-refractivity contribution in [2.45, 2.75) is 57.4 Å². The molecular weight excluding hydrogens is 436 g/mol. The first-order chi connectivity index (χ1) is 16.1. The smallest absolute Gasteiger partial charge is 0.0565 e. The summed E-state index contributed by atoms with van der Waals surface area (Å²) >= 11 is 6.91. The monoisotopic (exact) mass is 470 g/mol. The molecule has 176 valence electrons. The first-order valence-corrected chi connectivity index (χ1v) is 12.7. The van der Waals surface area contributed by atoms with Crippen LogP contribution in [0.1, 0.15) is 51.7 Å². The molecule has 2 aromatic carbocycles. The third-order valence-corrected chi connectivity index (χ3v) is 8.71. The Morgan fingerprint density at radius 3 is 2.18 bits per heavy atom. The molecule has 2 aliphatic heterocycles. The number of halogens is 1. The predicted molar refractivity (Wildman–Crippen MR) is 147 cm³/mol. The Labute approximate surface area is 209 Å². The van der Waals surface area contributed by atoms with E-state index < -0.39 is 0 Å². The van der Waals surface area contributed by atoms with Crippen LogP contribution in [0.3, 0.4) is 0 Å². The van der Waals surface area contributed by atoms with Crippen LogP contribution in [0, 0.1) is 0 Å². The van der Waals surface area contributed by atoms with Crippen LogP contribution in [0.5, 0.6) is 0 Å². The first-order valence-electron chi connectivity index (χ1n) is 12.3. The van der Waals surface area contributed by atoms with Gasteiger partial charge in [0.15, 0.2) is 0 Å². The van der Waals surface area contributed by atoms with Gasteiger partial charge in [-0.2, -0.15) is 0 Å². The lowest BCUT2D eigenvalue weighted by atomic mass is 9.80. The zero-order valence-electron chi connectivity index (χ0n) is 21.2. The topological polar surface area (TPSA) is 6.48 Å². The van der Waals surface area contributed by atoms with E-state index in [1.54, 1.807) is 0 Å². The fourth-order valence-electron chi connectivity index (χ4n) is 6.19. The molecule has 34 heavy (non-hydrogen) atoms. The second-order valence-electron chi connectivity index (χ2n) is 10.9. The SMILES string of the molecule is CN1C(=CC=C2CCC(C=CC3N(C)c4ccccc4C3(C)C)=C2Cl)C(C)(C)c2ccccc21. The normalized spacial score (nSPS) is 25.2. The number of fused-ring (bicyclic) bond motifs is 2. The average molecular weight is 471 g/mol. The summed E-state index contributed by atoms with van der Waals surface area (Å²) in [5, 5.41) is 0.917. The zero-order chi connectivity index (χ0) is 24.3. The summed E-state index contributed by atoms with van der Waals surface area (Å²) in [6.07, 6.45) is 11.1. The molecular formula is C31H35ClN2. The van der Waals surface area contributed by atoms with E-state index in [1.807, 2.05) is 0 Å². The minimum atomic E-state index is -0.0203. The molecule has 3 aliphatic rings. The second-order valence-corrected chi connectivity index (χ2v) is 11.3. The number of allylic oxidation sites excluding steroid dienone is 7. The van der Waals surface area contributed by atoms with Gasteiger partial charge in [0, 0.05) is 47.0 Å². The molecule has 0 saturated heterocycles. The minimum Gasteiger partial charge on any atom is -0.367 e. The molecule has 0 amide bonds. The Morgan fingerprint density at radius 1 is 0.853 bits per heavy atom. The average Bonchev–Trinajstić information content (AvgIpc) is 3.33. The van der Waals surface area contributed by atoms with Gasteiger partial charge < -0.3 is 9.80 Å². The molecule has 1 aliphatic carbocycles. The Balaban J connectivity index is 1.40. The maximum atomic E-state index is 6.91. The Bertz CT molecular complexity index is 1260. The van der Waals surface area contributed by atoms with Crippen molar-refractivity contribution in [1.29, 1.82) is 0 Å². The van der Waals surface area contributed by atoms with Gasteiger partial charge in [0.25, 0.3) is 0 Å². The highest BCUT2D eigenvalue weighted by Gasteiger charge is 2.41. The third-order valence-electron chi connectivity index (χ3n) is 8.22. The summed E-state index contributed by atoms with van der Waals surface area (Å²) in [4.78, 5) is 4.71. The molecule has 0 spiro atoms. The zero-order valence-corrected chi connectivity index (χ0v) is 21.9. The number of hydrogen-bond donors (Lipinski definition) is 0. The Morgan fingerprint density at radius 2 is 1.50 bits per heavy atom. The van der Waals surface area contributed by atoms with Crippen LogP contribution in [-0.4, -0.2) is 20.1 Å². The van der Waals surface area contributed by atoms with Crippen LogP contribution in [0.4, 0.5) is 11.4 Å². The molecule has 2 aromatic rings. The fourth-order valence-corrected chi connectivity index (χ4v) is 6.50. The summed E-state index contributed by atoms with van der Waals surface area (Å²) in [6, 6.07) is 17.8. The molecule has 3 heteroatoms. The van der Waals surface area contributed by atoms with Gasteiger partial charge in [-0.05, 0) is 53.3 Å². The second kappa shape index (κ2) is 8.20. The van der Waals surface area contributed by atoms with E-state index in [4.69, 9.17) is 11.6 Å². The number of nitrogens with zero attached hydrogens (tertiary/aromatic N) is 2. The fraction of sp³-hybridized carbons (Fsp3) is 0.355. The Kier molecular flexibility index (Phi) is 5.56. The molecule has 1 unspecified atom stereocenters. The highest BCUT2D eigenvalue weighted by atomic mass is 35.5. The lowest BCUT2D eigenvalue weighted by molar-refractivity contribution is 0.487. The third kappa shape index (κ3) is 3.46. The van der Waals surface area contributed by atoms with E-state index in [0.717, 1.165) is 17.9 Å². The van der Waals surface area contributed by atoms with Gasteiger partial charge in [-0.25, -0.2) is 0 Å². The maximum Gasteiger partial charge on any atom is 0.0565 e. The van der Waals surface area contributed by atoms with Gasteiger partial charge in [0.2, 0.25) is 0 Å². The molecule has 0 N–H and O–H groups in total. The van der Waals surface area contributed by atoms with E-state index in [0.29, 0.717) is 6.04 Å². The Hall–Kier alpha value is -2.71. The number of likely N-dealkylation sites (N-methyl/N-ethyl adjacent to an activating group) is 2. The quantitative estimate of drug-likeness (QED) is 0.450. The molecule has 1 atom stereocenters. The molecule has 0 saturated carbocycles. The van der Waals surface area contributed by atoms with Gasteiger partial charge in [-0.15, -0.1) is 0 Å². The van der Waals surface area contributed by atoms with Crippen LogP contribution in [0.2, 0.25) is 0 Å². The number of anilines is 2. The van der Waals surface area contributed by atoms with Crippen molar-refractivity contribution in [3.63, 3.8) is 0 Å².